The number of nitrogens with one attached hydrogen (secondary N) is 1. The zero-order chi connectivity index (χ0) is 22.1. The average molecular weight is 438 g/mol. The highest BCUT2D eigenvalue weighted by atomic mass is 35.5. The summed E-state index contributed by atoms with van der Waals surface area (Å²) in [6.07, 6.45) is -4.46. The number of carbonyl (C=O) groups is 1. The SMILES string of the molecule is Cc1ccc(-c2noc([C@@H](NC(=O)c3ccc(C(F)(F)F)cc3)C(C)C)n2)cc1Cl. The molecule has 0 radical (unpaired) electrons. The number of amides is 1. The fourth-order valence-corrected chi connectivity index (χ4v) is 2.94. The molecule has 5 nitrogen and oxygen atoms in total. The monoisotopic (exact) mass is 437 g/mol. The highest BCUT2D eigenvalue weighted by Crippen LogP contribution is 2.30. The molecule has 1 amide bonds. The summed E-state index contributed by atoms with van der Waals surface area (Å²) in [7, 11) is 0. The lowest BCUT2D eigenvalue weighted by molar-refractivity contribution is -0.137. The first-order chi connectivity index (χ1) is 14.1. The van der Waals surface area contributed by atoms with Gasteiger partial charge in [0, 0.05) is 16.1 Å². The predicted octanol–water partition coefficient (Wildman–Crippen LogP) is 5.84. The molecular weight excluding hydrogens is 419 g/mol. The molecule has 0 bridgehead atoms. The number of rotatable bonds is 5. The minimum absolute atomic E-state index is 0.0960. The number of aryl methyl sites for hydroxylation is 1. The van der Waals surface area contributed by atoms with E-state index in [-0.39, 0.29) is 17.4 Å². The first-order valence-electron chi connectivity index (χ1n) is 9.14. The second-order valence-corrected chi connectivity index (χ2v) is 7.60. The van der Waals surface area contributed by atoms with Crippen LogP contribution in [0, 0.1) is 12.8 Å². The predicted molar refractivity (Wildman–Crippen MR) is 106 cm³/mol. The van der Waals surface area contributed by atoms with Gasteiger partial charge < -0.3 is 9.84 Å². The van der Waals surface area contributed by atoms with Crippen molar-refractivity contribution >= 4 is 17.5 Å². The van der Waals surface area contributed by atoms with Gasteiger partial charge in [0.05, 0.1) is 5.56 Å². The minimum Gasteiger partial charge on any atom is -0.340 e. The third-order valence-electron chi connectivity index (χ3n) is 4.57. The van der Waals surface area contributed by atoms with Crippen LogP contribution in [0.15, 0.2) is 47.0 Å². The number of alkyl halides is 3. The van der Waals surface area contributed by atoms with Crippen molar-refractivity contribution in [2.45, 2.75) is 33.0 Å². The molecule has 1 heterocycles. The van der Waals surface area contributed by atoms with Crippen molar-refractivity contribution in [2.75, 3.05) is 0 Å². The summed E-state index contributed by atoms with van der Waals surface area (Å²) in [6, 6.07) is 8.72. The van der Waals surface area contributed by atoms with Gasteiger partial charge in [-0.3, -0.25) is 4.79 Å². The van der Waals surface area contributed by atoms with Crippen molar-refractivity contribution < 1.29 is 22.5 Å². The van der Waals surface area contributed by atoms with Gasteiger partial charge >= 0.3 is 6.18 Å². The molecule has 1 N–H and O–H groups in total. The van der Waals surface area contributed by atoms with E-state index < -0.39 is 23.7 Å². The molecule has 0 aliphatic rings. The Balaban J connectivity index is 1.80. The van der Waals surface area contributed by atoms with Crippen molar-refractivity contribution in [1.82, 2.24) is 15.5 Å². The molecule has 3 rings (SSSR count). The molecule has 0 saturated carbocycles. The van der Waals surface area contributed by atoms with Crippen molar-refractivity contribution in [2.24, 2.45) is 5.92 Å². The van der Waals surface area contributed by atoms with E-state index in [9.17, 15) is 18.0 Å². The quantitative estimate of drug-likeness (QED) is 0.544. The Labute approximate surface area is 176 Å². The van der Waals surface area contributed by atoms with Crippen molar-refractivity contribution in [3.63, 3.8) is 0 Å². The molecule has 1 atom stereocenters. The number of benzene rings is 2. The van der Waals surface area contributed by atoms with Crippen LogP contribution in [0.3, 0.4) is 0 Å². The van der Waals surface area contributed by atoms with Gasteiger partial charge in [0.15, 0.2) is 0 Å². The Bertz CT molecular complexity index is 1050. The van der Waals surface area contributed by atoms with E-state index in [1.807, 2.05) is 26.8 Å². The third kappa shape index (κ3) is 4.81. The summed E-state index contributed by atoms with van der Waals surface area (Å²) >= 11 is 6.15. The molecule has 0 saturated heterocycles. The smallest absolute Gasteiger partial charge is 0.340 e. The second kappa shape index (κ2) is 8.47. The minimum atomic E-state index is -4.46. The van der Waals surface area contributed by atoms with E-state index >= 15 is 0 Å². The molecular formula is C21H19ClF3N3O2. The maximum absolute atomic E-state index is 12.7. The van der Waals surface area contributed by atoms with Crippen LogP contribution in [0.4, 0.5) is 13.2 Å². The first-order valence-corrected chi connectivity index (χ1v) is 9.52. The largest absolute Gasteiger partial charge is 0.416 e. The van der Waals surface area contributed by atoms with E-state index in [1.165, 1.54) is 0 Å². The lowest BCUT2D eigenvalue weighted by Crippen LogP contribution is -2.32. The molecule has 2 aromatic carbocycles. The summed E-state index contributed by atoms with van der Waals surface area (Å²) in [5, 5.41) is 7.27. The van der Waals surface area contributed by atoms with E-state index in [0.717, 1.165) is 29.8 Å². The van der Waals surface area contributed by atoms with Crippen LogP contribution in [-0.4, -0.2) is 16.0 Å². The maximum Gasteiger partial charge on any atom is 0.416 e. The van der Waals surface area contributed by atoms with Gasteiger partial charge in [0.25, 0.3) is 5.91 Å². The molecule has 0 unspecified atom stereocenters. The van der Waals surface area contributed by atoms with Gasteiger partial charge in [-0.1, -0.05) is 42.7 Å². The van der Waals surface area contributed by atoms with Gasteiger partial charge in [-0.15, -0.1) is 0 Å². The number of aromatic nitrogens is 2. The highest BCUT2D eigenvalue weighted by molar-refractivity contribution is 6.31. The number of hydrogen-bond donors (Lipinski definition) is 1. The zero-order valence-corrected chi connectivity index (χ0v) is 17.2. The normalized spacial score (nSPS) is 12.8. The summed E-state index contributed by atoms with van der Waals surface area (Å²) in [5.74, 6) is -0.142. The van der Waals surface area contributed by atoms with Crippen molar-refractivity contribution in [3.8, 4) is 11.4 Å². The van der Waals surface area contributed by atoms with Gasteiger partial charge in [0.1, 0.15) is 6.04 Å². The average Bonchev–Trinajstić information content (AvgIpc) is 3.17. The molecule has 30 heavy (non-hydrogen) atoms. The topological polar surface area (TPSA) is 68.0 Å². The molecule has 158 valence electrons. The number of nitrogens with zero attached hydrogens (tertiary/aromatic N) is 2. The first kappa shape index (κ1) is 21.8. The van der Waals surface area contributed by atoms with Crippen LogP contribution in [-0.2, 0) is 6.18 Å². The molecule has 3 aromatic rings. The molecule has 1 aromatic heterocycles. The lowest BCUT2D eigenvalue weighted by atomic mass is 10.0. The van der Waals surface area contributed by atoms with Gasteiger partial charge in [-0.05, 0) is 48.7 Å². The second-order valence-electron chi connectivity index (χ2n) is 7.19. The Morgan fingerprint density at radius 2 is 1.80 bits per heavy atom. The van der Waals surface area contributed by atoms with Gasteiger partial charge in [-0.25, -0.2) is 0 Å². The summed E-state index contributed by atoms with van der Waals surface area (Å²) in [6.45, 7) is 5.58. The van der Waals surface area contributed by atoms with Gasteiger partial charge in [-0.2, -0.15) is 18.2 Å². The van der Waals surface area contributed by atoms with Crippen LogP contribution in [0.1, 0.15) is 47.3 Å². The number of hydrogen-bond acceptors (Lipinski definition) is 4. The maximum atomic E-state index is 12.7. The molecule has 0 spiro atoms. The van der Waals surface area contributed by atoms with Crippen LogP contribution in [0.25, 0.3) is 11.4 Å². The van der Waals surface area contributed by atoms with E-state index in [1.54, 1.807) is 12.1 Å². The zero-order valence-electron chi connectivity index (χ0n) is 16.4. The van der Waals surface area contributed by atoms with Crippen molar-refractivity contribution in [3.05, 3.63) is 70.1 Å². The Hall–Kier alpha value is -2.87. The summed E-state index contributed by atoms with van der Waals surface area (Å²) < 4.78 is 43.5. The molecule has 0 aliphatic heterocycles. The fraction of sp³-hybridized carbons (Fsp3) is 0.286. The van der Waals surface area contributed by atoms with E-state index in [2.05, 4.69) is 15.5 Å². The molecule has 0 aliphatic carbocycles. The Morgan fingerprint density at radius 3 is 2.37 bits per heavy atom. The summed E-state index contributed by atoms with van der Waals surface area (Å²) in [4.78, 5) is 16.9. The van der Waals surface area contributed by atoms with E-state index in [0.29, 0.717) is 16.4 Å². The Morgan fingerprint density at radius 1 is 1.13 bits per heavy atom. The number of halogens is 4. The molecule has 9 heteroatoms. The van der Waals surface area contributed by atoms with Crippen LogP contribution in [0.5, 0.6) is 0 Å². The van der Waals surface area contributed by atoms with Gasteiger partial charge in [0.2, 0.25) is 11.7 Å². The Kier molecular flexibility index (Phi) is 6.17. The van der Waals surface area contributed by atoms with Crippen LogP contribution < -0.4 is 5.32 Å². The van der Waals surface area contributed by atoms with E-state index in [4.69, 9.17) is 16.1 Å². The fourth-order valence-electron chi connectivity index (χ4n) is 2.76. The molecule has 0 fully saturated rings. The standard InChI is InChI=1S/C21H19ClF3N3O2/c1-11(2)17(26-19(29)13-6-8-15(9-7-13)21(23,24)25)20-27-18(28-30-20)14-5-4-12(3)16(22)10-14/h4-11,17H,1-3H3,(H,26,29)/t17-/m0/s1. The number of carbonyl (C=O) groups excluding carboxylic acids is 1. The third-order valence-corrected chi connectivity index (χ3v) is 4.97. The highest BCUT2D eigenvalue weighted by Gasteiger charge is 2.31. The van der Waals surface area contributed by atoms with Crippen molar-refractivity contribution in [1.29, 1.82) is 0 Å². The lowest BCUT2D eigenvalue weighted by Gasteiger charge is -2.18. The summed E-state index contributed by atoms with van der Waals surface area (Å²) in [5.41, 5.74) is 0.849. The van der Waals surface area contributed by atoms with Crippen LogP contribution in [0.2, 0.25) is 5.02 Å². The van der Waals surface area contributed by atoms with Crippen LogP contribution >= 0.6 is 11.6 Å².